The molecule has 0 bridgehead atoms. The molecule has 0 aromatic rings. The fraction of sp³-hybridized carbons (Fsp3) is 1.00. The molecule has 0 heterocycles. The second kappa shape index (κ2) is 2.32. The van der Waals surface area contributed by atoms with Crippen molar-refractivity contribution in [3.8, 4) is 0 Å². The monoisotopic (exact) mass is 170 g/mol. The Bertz CT molecular complexity index is 129. The zero-order chi connectivity index (χ0) is 7.94. The van der Waals surface area contributed by atoms with Crippen LogP contribution in [0.25, 0.3) is 0 Å². The lowest BCUT2D eigenvalue weighted by Crippen LogP contribution is -2.14. The van der Waals surface area contributed by atoms with Gasteiger partial charge in [-0.15, -0.1) is 0 Å². The quantitative estimate of drug-likeness (QED) is 0.574. The lowest BCUT2D eigenvalue weighted by Gasteiger charge is -2.05. The Labute approximate surface area is 63.2 Å². The van der Waals surface area contributed by atoms with Crippen LogP contribution in [0.3, 0.4) is 0 Å². The summed E-state index contributed by atoms with van der Waals surface area (Å²) in [7, 11) is 0. The molecule has 1 saturated carbocycles. The summed E-state index contributed by atoms with van der Waals surface area (Å²) in [4.78, 5) is 0. The molecule has 4 heteroatoms. The minimum atomic E-state index is -3.98. The van der Waals surface area contributed by atoms with E-state index in [0.717, 1.165) is 0 Å². The van der Waals surface area contributed by atoms with Gasteiger partial charge in [-0.05, 0) is 12.3 Å². The van der Waals surface area contributed by atoms with E-state index in [1.54, 1.807) is 6.92 Å². The molecule has 0 amide bonds. The number of alkyl halides is 3. The van der Waals surface area contributed by atoms with Crippen molar-refractivity contribution in [3.63, 3.8) is 0 Å². The highest BCUT2D eigenvalue weighted by Crippen LogP contribution is 2.52. The Hall–Kier alpha value is 0.140. The van der Waals surface area contributed by atoms with E-state index in [4.69, 9.17) is 0 Å². The Kier molecular flexibility index (Phi) is 1.92. The first kappa shape index (κ1) is 8.24. The Morgan fingerprint density at radius 2 is 2.00 bits per heavy atom. The van der Waals surface area contributed by atoms with Crippen LogP contribution in [0.4, 0.5) is 13.2 Å². The molecule has 1 aliphatic rings. The summed E-state index contributed by atoms with van der Waals surface area (Å²) in [5, 5.41) is -0.119. The third-order valence-corrected chi connectivity index (χ3v) is 2.26. The summed E-state index contributed by atoms with van der Waals surface area (Å²) in [5.41, 5.74) is 0. The third-order valence-electron chi connectivity index (χ3n) is 1.88. The van der Waals surface area contributed by atoms with Gasteiger partial charge in [0.05, 0.1) is 5.92 Å². The standard InChI is InChI=1S/C6H9F3S/c1-3(10)4-2-5(4)6(7,8)9/h3-5,10H,2H2,1H3/t3?,4-,5+/m1/s1. The first-order valence-corrected chi connectivity index (χ1v) is 3.69. The highest BCUT2D eigenvalue weighted by molar-refractivity contribution is 7.80. The van der Waals surface area contributed by atoms with E-state index < -0.39 is 12.1 Å². The summed E-state index contributed by atoms with van der Waals surface area (Å²) in [6.07, 6.45) is -3.71. The highest BCUT2D eigenvalue weighted by atomic mass is 32.1. The van der Waals surface area contributed by atoms with Gasteiger partial charge in [0.25, 0.3) is 0 Å². The van der Waals surface area contributed by atoms with Crippen molar-refractivity contribution in [3.05, 3.63) is 0 Å². The zero-order valence-corrected chi connectivity index (χ0v) is 6.41. The van der Waals surface area contributed by atoms with Gasteiger partial charge in [0.2, 0.25) is 0 Å². The molecular formula is C6H9F3S. The van der Waals surface area contributed by atoms with E-state index in [9.17, 15) is 13.2 Å². The zero-order valence-electron chi connectivity index (χ0n) is 5.52. The van der Waals surface area contributed by atoms with Crippen LogP contribution in [0.1, 0.15) is 13.3 Å². The van der Waals surface area contributed by atoms with Gasteiger partial charge in [-0.3, -0.25) is 0 Å². The van der Waals surface area contributed by atoms with Gasteiger partial charge in [-0.25, -0.2) is 0 Å². The second-order valence-corrected chi connectivity index (χ2v) is 3.60. The molecule has 0 N–H and O–H groups in total. The fourth-order valence-electron chi connectivity index (χ4n) is 1.12. The molecule has 0 saturated heterocycles. The van der Waals surface area contributed by atoms with Crippen molar-refractivity contribution >= 4 is 12.6 Å². The van der Waals surface area contributed by atoms with Gasteiger partial charge in [0.1, 0.15) is 0 Å². The van der Waals surface area contributed by atoms with E-state index >= 15 is 0 Å². The summed E-state index contributed by atoms with van der Waals surface area (Å²) < 4.78 is 35.5. The number of halogens is 3. The molecule has 0 radical (unpaired) electrons. The smallest absolute Gasteiger partial charge is 0.176 e. The number of hydrogen-bond donors (Lipinski definition) is 1. The summed E-state index contributed by atoms with van der Waals surface area (Å²) >= 11 is 3.95. The minimum Gasteiger partial charge on any atom is -0.176 e. The van der Waals surface area contributed by atoms with Crippen molar-refractivity contribution < 1.29 is 13.2 Å². The molecular weight excluding hydrogens is 161 g/mol. The average molecular weight is 170 g/mol. The molecule has 0 aromatic carbocycles. The Morgan fingerprint density at radius 3 is 2.10 bits per heavy atom. The normalized spacial score (nSPS) is 35.7. The van der Waals surface area contributed by atoms with Crippen molar-refractivity contribution in [2.75, 3.05) is 0 Å². The topological polar surface area (TPSA) is 0 Å². The largest absolute Gasteiger partial charge is 0.392 e. The van der Waals surface area contributed by atoms with Crippen LogP contribution < -0.4 is 0 Å². The van der Waals surface area contributed by atoms with Gasteiger partial charge >= 0.3 is 6.18 Å². The van der Waals surface area contributed by atoms with E-state index in [-0.39, 0.29) is 17.6 Å². The van der Waals surface area contributed by atoms with Crippen molar-refractivity contribution in [1.82, 2.24) is 0 Å². The van der Waals surface area contributed by atoms with Crippen LogP contribution in [0.5, 0.6) is 0 Å². The van der Waals surface area contributed by atoms with E-state index in [0.29, 0.717) is 0 Å². The highest BCUT2D eigenvalue weighted by Gasteiger charge is 2.56. The molecule has 1 fully saturated rings. The molecule has 60 valence electrons. The number of thiol groups is 1. The van der Waals surface area contributed by atoms with Crippen molar-refractivity contribution in [2.45, 2.75) is 24.8 Å². The lowest BCUT2D eigenvalue weighted by atomic mass is 10.2. The predicted octanol–water partition coefficient (Wildman–Crippen LogP) is 2.50. The first-order valence-electron chi connectivity index (χ1n) is 3.17. The summed E-state index contributed by atoms with van der Waals surface area (Å²) in [5.74, 6) is -1.30. The Balaban J connectivity index is 2.39. The van der Waals surface area contributed by atoms with Crippen molar-refractivity contribution in [1.29, 1.82) is 0 Å². The molecule has 1 rings (SSSR count). The third kappa shape index (κ3) is 1.59. The van der Waals surface area contributed by atoms with Crippen LogP contribution in [-0.2, 0) is 0 Å². The van der Waals surface area contributed by atoms with Crippen LogP contribution in [0.2, 0.25) is 0 Å². The average Bonchev–Trinajstić information content (AvgIpc) is 2.35. The van der Waals surface area contributed by atoms with E-state index in [1.807, 2.05) is 0 Å². The summed E-state index contributed by atoms with van der Waals surface area (Å²) in [6.45, 7) is 1.71. The molecule has 1 unspecified atom stereocenters. The summed E-state index contributed by atoms with van der Waals surface area (Å²) in [6, 6.07) is 0. The molecule has 0 spiro atoms. The van der Waals surface area contributed by atoms with Crippen LogP contribution in [-0.4, -0.2) is 11.4 Å². The second-order valence-electron chi connectivity index (χ2n) is 2.79. The SMILES string of the molecule is CC(S)[C@H]1C[C@@H]1C(F)(F)F. The van der Waals surface area contributed by atoms with Gasteiger partial charge < -0.3 is 0 Å². The first-order chi connectivity index (χ1) is 4.43. The predicted molar refractivity (Wildman–Crippen MR) is 36.1 cm³/mol. The van der Waals surface area contributed by atoms with E-state index in [2.05, 4.69) is 12.6 Å². The van der Waals surface area contributed by atoms with Crippen LogP contribution >= 0.6 is 12.6 Å². The maximum atomic E-state index is 11.8. The van der Waals surface area contributed by atoms with Crippen LogP contribution in [0.15, 0.2) is 0 Å². The van der Waals surface area contributed by atoms with Crippen molar-refractivity contribution in [2.24, 2.45) is 11.8 Å². The van der Waals surface area contributed by atoms with Crippen LogP contribution in [0, 0.1) is 11.8 Å². The molecule has 0 nitrogen and oxygen atoms in total. The fourth-order valence-corrected chi connectivity index (χ4v) is 1.45. The number of hydrogen-bond acceptors (Lipinski definition) is 1. The van der Waals surface area contributed by atoms with Gasteiger partial charge in [-0.1, -0.05) is 6.92 Å². The van der Waals surface area contributed by atoms with Gasteiger partial charge in [0, 0.05) is 5.25 Å². The van der Waals surface area contributed by atoms with E-state index in [1.165, 1.54) is 0 Å². The number of rotatable bonds is 1. The lowest BCUT2D eigenvalue weighted by molar-refractivity contribution is -0.150. The van der Waals surface area contributed by atoms with Gasteiger partial charge in [0.15, 0.2) is 0 Å². The van der Waals surface area contributed by atoms with Gasteiger partial charge in [-0.2, -0.15) is 25.8 Å². The Morgan fingerprint density at radius 1 is 1.50 bits per heavy atom. The molecule has 3 atom stereocenters. The molecule has 1 aliphatic carbocycles. The minimum absolute atomic E-state index is 0.119. The molecule has 0 aromatic heterocycles. The maximum absolute atomic E-state index is 11.8. The molecule has 10 heavy (non-hydrogen) atoms. The maximum Gasteiger partial charge on any atom is 0.392 e. The molecule has 0 aliphatic heterocycles.